The molecule has 2 bridgehead atoms. The van der Waals surface area contributed by atoms with E-state index in [2.05, 4.69) is 12.2 Å². The van der Waals surface area contributed by atoms with Gasteiger partial charge in [0.2, 0.25) is 0 Å². The lowest BCUT2D eigenvalue weighted by molar-refractivity contribution is 0.151. The Labute approximate surface area is 124 Å². The van der Waals surface area contributed by atoms with Crippen molar-refractivity contribution >= 4 is 9.84 Å². The standard InChI is InChI=1S/C16H31NO2S/c1-3-8-17-13-16(7-10-20(18,19)9-4-2)12-14-5-6-15(16)11-14/h14-15,17H,3-13H2,1-2H3. The van der Waals surface area contributed by atoms with E-state index in [0.717, 1.165) is 44.2 Å². The monoisotopic (exact) mass is 301 g/mol. The SMILES string of the molecule is CCCNCC1(CCS(=O)(=O)CCC)CC2CCC1C2. The zero-order chi connectivity index (χ0) is 14.6. The molecule has 0 radical (unpaired) electrons. The zero-order valence-electron chi connectivity index (χ0n) is 13.2. The minimum absolute atomic E-state index is 0.277. The molecular formula is C16H31NO2S. The normalized spacial score (nSPS) is 32.9. The van der Waals surface area contributed by atoms with Gasteiger partial charge in [-0.1, -0.05) is 20.3 Å². The van der Waals surface area contributed by atoms with Crippen LogP contribution in [0.3, 0.4) is 0 Å². The fraction of sp³-hybridized carbons (Fsp3) is 1.00. The molecule has 4 heteroatoms. The van der Waals surface area contributed by atoms with Gasteiger partial charge in [-0.05, 0) is 62.3 Å². The molecular weight excluding hydrogens is 270 g/mol. The van der Waals surface area contributed by atoms with Crippen LogP contribution in [0.2, 0.25) is 0 Å². The first kappa shape index (κ1) is 16.3. The van der Waals surface area contributed by atoms with Crippen LogP contribution in [0.4, 0.5) is 0 Å². The van der Waals surface area contributed by atoms with Gasteiger partial charge in [-0.3, -0.25) is 0 Å². The fourth-order valence-electron chi connectivity index (χ4n) is 4.46. The molecule has 0 spiro atoms. The minimum Gasteiger partial charge on any atom is -0.316 e. The topological polar surface area (TPSA) is 46.2 Å². The number of hydrogen-bond acceptors (Lipinski definition) is 3. The van der Waals surface area contributed by atoms with E-state index in [1.54, 1.807) is 0 Å². The van der Waals surface area contributed by atoms with Gasteiger partial charge in [0.1, 0.15) is 9.84 Å². The van der Waals surface area contributed by atoms with Gasteiger partial charge in [-0.2, -0.15) is 0 Å². The summed E-state index contributed by atoms with van der Waals surface area (Å²) in [5.74, 6) is 2.41. The van der Waals surface area contributed by atoms with Crippen LogP contribution in [-0.4, -0.2) is 33.0 Å². The number of rotatable bonds is 9. The van der Waals surface area contributed by atoms with E-state index < -0.39 is 9.84 Å². The van der Waals surface area contributed by atoms with Gasteiger partial charge in [-0.25, -0.2) is 8.42 Å². The second-order valence-electron chi connectivity index (χ2n) is 7.02. The van der Waals surface area contributed by atoms with Crippen molar-refractivity contribution in [3.05, 3.63) is 0 Å². The summed E-state index contributed by atoms with van der Waals surface area (Å²) in [5, 5.41) is 3.58. The second-order valence-corrected chi connectivity index (χ2v) is 9.32. The maximum atomic E-state index is 12.0. The Bertz CT molecular complexity index is 407. The van der Waals surface area contributed by atoms with Crippen LogP contribution < -0.4 is 5.32 Å². The third-order valence-corrected chi connectivity index (χ3v) is 7.29. The molecule has 0 aromatic heterocycles. The van der Waals surface area contributed by atoms with Gasteiger partial charge >= 0.3 is 0 Å². The maximum absolute atomic E-state index is 12.0. The summed E-state index contributed by atoms with van der Waals surface area (Å²) < 4.78 is 24.1. The van der Waals surface area contributed by atoms with Gasteiger partial charge in [0.05, 0.1) is 5.75 Å². The van der Waals surface area contributed by atoms with E-state index in [-0.39, 0.29) is 5.41 Å². The summed E-state index contributed by atoms with van der Waals surface area (Å²) in [5.41, 5.74) is 0.277. The van der Waals surface area contributed by atoms with Gasteiger partial charge < -0.3 is 5.32 Å². The molecule has 3 atom stereocenters. The van der Waals surface area contributed by atoms with E-state index in [1.807, 2.05) is 6.92 Å². The lowest BCUT2D eigenvalue weighted by atomic mass is 9.71. The van der Waals surface area contributed by atoms with Gasteiger partial charge in [-0.15, -0.1) is 0 Å². The third-order valence-electron chi connectivity index (χ3n) is 5.43. The molecule has 0 aliphatic heterocycles. The molecule has 3 unspecified atom stereocenters. The molecule has 2 fully saturated rings. The first-order valence-corrected chi connectivity index (χ1v) is 10.2. The molecule has 0 aromatic rings. The lowest BCUT2D eigenvalue weighted by Gasteiger charge is -2.38. The van der Waals surface area contributed by atoms with E-state index in [1.165, 1.54) is 25.7 Å². The summed E-state index contributed by atoms with van der Waals surface area (Å²) in [4.78, 5) is 0. The number of hydrogen-bond donors (Lipinski definition) is 1. The Balaban J connectivity index is 1.97. The van der Waals surface area contributed by atoms with Crippen molar-refractivity contribution in [2.75, 3.05) is 24.6 Å². The largest absolute Gasteiger partial charge is 0.316 e. The molecule has 3 nitrogen and oxygen atoms in total. The average Bonchev–Trinajstić information content (AvgIpc) is 2.98. The zero-order valence-corrected chi connectivity index (χ0v) is 14.0. The Hall–Kier alpha value is -0.0900. The van der Waals surface area contributed by atoms with Crippen LogP contribution in [0.15, 0.2) is 0 Å². The predicted octanol–water partition coefficient (Wildman–Crippen LogP) is 3.01. The van der Waals surface area contributed by atoms with Gasteiger partial charge in [0.15, 0.2) is 0 Å². The highest BCUT2D eigenvalue weighted by Crippen LogP contribution is 2.57. The highest BCUT2D eigenvalue weighted by atomic mass is 32.2. The highest BCUT2D eigenvalue weighted by Gasteiger charge is 2.50. The van der Waals surface area contributed by atoms with Crippen LogP contribution in [-0.2, 0) is 9.84 Å². The molecule has 0 aromatic carbocycles. The van der Waals surface area contributed by atoms with Gasteiger partial charge in [0.25, 0.3) is 0 Å². The van der Waals surface area contributed by atoms with Crippen LogP contribution in [0.1, 0.15) is 58.8 Å². The Morgan fingerprint density at radius 3 is 2.50 bits per heavy atom. The molecule has 0 saturated heterocycles. The molecule has 0 amide bonds. The van der Waals surface area contributed by atoms with E-state index in [4.69, 9.17) is 0 Å². The minimum atomic E-state index is -2.83. The Morgan fingerprint density at radius 1 is 1.15 bits per heavy atom. The quantitative estimate of drug-likeness (QED) is 0.666. The Kier molecular flexibility index (Phi) is 5.52. The summed E-state index contributed by atoms with van der Waals surface area (Å²) >= 11 is 0. The van der Waals surface area contributed by atoms with E-state index in [9.17, 15) is 8.42 Å². The fourth-order valence-corrected chi connectivity index (χ4v) is 6.00. The second kappa shape index (κ2) is 6.78. The molecule has 20 heavy (non-hydrogen) atoms. The number of sulfone groups is 1. The summed E-state index contributed by atoms with van der Waals surface area (Å²) in [6, 6.07) is 0. The third kappa shape index (κ3) is 3.76. The number of nitrogens with one attached hydrogen (secondary N) is 1. The van der Waals surface area contributed by atoms with Crippen molar-refractivity contribution in [2.24, 2.45) is 17.3 Å². The maximum Gasteiger partial charge on any atom is 0.150 e. The molecule has 2 rings (SSSR count). The first-order valence-electron chi connectivity index (χ1n) is 8.42. The van der Waals surface area contributed by atoms with Crippen LogP contribution in [0.25, 0.3) is 0 Å². The van der Waals surface area contributed by atoms with Gasteiger partial charge in [0, 0.05) is 12.3 Å². The molecule has 2 aliphatic rings. The first-order chi connectivity index (χ1) is 9.51. The summed E-state index contributed by atoms with van der Waals surface area (Å²) in [6.07, 6.45) is 8.09. The lowest BCUT2D eigenvalue weighted by Crippen LogP contribution is -2.40. The van der Waals surface area contributed by atoms with Crippen molar-refractivity contribution < 1.29 is 8.42 Å². The number of fused-ring (bicyclic) bond motifs is 2. The van der Waals surface area contributed by atoms with Crippen LogP contribution in [0, 0.1) is 17.3 Å². The summed E-state index contributed by atoms with van der Waals surface area (Å²) in [6.45, 7) is 6.23. The average molecular weight is 301 g/mol. The van der Waals surface area contributed by atoms with Crippen LogP contribution >= 0.6 is 0 Å². The Morgan fingerprint density at radius 2 is 1.95 bits per heavy atom. The summed E-state index contributed by atoms with van der Waals surface area (Å²) in [7, 11) is -2.83. The van der Waals surface area contributed by atoms with E-state index >= 15 is 0 Å². The molecule has 2 aliphatic carbocycles. The predicted molar refractivity (Wildman–Crippen MR) is 84.6 cm³/mol. The van der Waals surface area contributed by atoms with Crippen molar-refractivity contribution in [3.63, 3.8) is 0 Å². The highest BCUT2D eigenvalue weighted by molar-refractivity contribution is 7.91. The van der Waals surface area contributed by atoms with Crippen molar-refractivity contribution in [2.45, 2.75) is 58.8 Å². The van der Waals surface area contributed by atoms with Crippen molar-refractivity contribution in [1.29, 1.82) is 0 Å². The van der Waals surface area contributed by atoms with E-state index in [0.29, 0.717) is 11.5 Å². The molecule has 0 heterocycles. The molecule has 118 valence electrons. The molecule has 1 N–H and O–H groups in total. The van der Waals surface area contributed by atoms with Crippen LogP contribution in [0.5, 0.6) is 0 Å². The molecule has 2 saturated carbocycles. The van der Waals surface area contributed by atoms with Crippen molar-refractivity contribution in [1.82, 2.24) is 5.32 Å². The smallest absolute Gasteiger partial charge is 0.150 e. The van der Waals surface area contributed by atoms with Crippen molar-refractivity contribution in [3.8, 4) is 0 Å².